The molecule has 4 nitrogen and oxygen atoms in total. The zero-order chi connectivity index (χ0) is 15.8. The number of halogens is 1. The predicted octanol–water partition coefficient (Wildman–Crippen LogP) is 3.93. The molecule has 0 atom stereocenters. The van der Waals surface area contributed by atoms with Crippen LogP contribution in [0.25, 0.3) is 27.8 Å². The van der Waals surface area contributed by atoms with Crippen LogP contribution in [0.4, 0.5) is 4.39 Å². The topological polar surface area (TPSA) is 50.9 Å². The fraction of sp³-hybridized carbons (Fsp3) is 0. The van der Waals surface area contributed by atoms with Crippen molar-refractivity contribution >= 4 is 10.9 Å². The van der Waals surface area contributed by atoms with Crippen molar-refractivity contribution < 1.29 is 9.50 Å². The number of rotatable bonds is 2. The van der Waals surface area contributed by atoms with Crippen molar-refractivity contribution in [1.82, 2.24) is 14.8 Å². The van der Waals surface area contributed by atoms with Gasteiger partial charge in [-0.3, -0.25) is 4.98 Å². The Hall–Kier alpha value is -3.21. The van der Waals surface area contributed by atoms with Gasteiger partial charge in [-0.05, 0) is 30.3 Å². The molecule has 0 bridgehead atoms. The molecule has 2 heterocycles. The van der Waals surface area contributed by atoms with Gasteiger partial charge in [-0.25, -0.2) is 9.07 Å². The molecule has 0 saturated carbocycles. The van der Waals surface area contributed by atoms with E-state index >= 15 is 0 Å². The molecule has 0 amide bonds. The standard InChI is InChI=1S/C18H12FN3O/c19-15-9-13-11-21-22(17(13)10-18(15)23)14-6-4-12(5-7-14)16-3-1-2-8-20-16/h1-11,23H. The third-order valence-corrected chi connectivity index (χ3v) is 3.71. The lowest BCUT2D eigenvalue weighted by Gasteiger charge is -2.06. The summed E-state index contributed by atoms with van der Waals surface area (Å²) in [5.41, 5.74) is 3.36. The highest BCUT2D eigenvalue weighted by atomic mass is 19.1. The van der Waals surface area contributed by atoms with Crippen LogP contribution in [0, 0.1) is 5.82 Å². The fourth-order valence-corrected chi connectivity index (χ4v) is 2.55. The highest BCUT2D eigenvalue weighted by Gasteiger charge is 2.10. The van der Waals surface area contributed by atoms with E-state index < -0.39 is 5.82 Å². The van der Waals surface area contributed by atoms with Crippen LogP contribution in [0.5, 0.6) is 5.75 Å². The number of phenols is 1. The van der Waals surface area contributed by atoms with E-state index in [9.17, 15) is 9.50 Å². The van der Waals surface area contributed by atoms with Crippen molar-refractivity contribution in [3.63, 3.8) is 0 Å². The third kappa shape index (κ3) is 2.32. The number of pyridine rings is 1. The van der Waals surface area contributed by atoms with Crippen LogP contribution in [0.1, 0.15) is 0 Å². The third-order valence-electron chi connectivity index (χ3n) is 3.71. The van der Waals surface area contributed by atoms with E-state index in [1.807, 2.05) is 42.5 Å². The molecule has 0 unspecified atom stereocenters. The first-order chi connectivity index (χ1) is 11.2. The number of benzene rings is 2. The maximum atomic E-state index is 13.4. The summed E-state index contributed by atoms with van der Waals surface area (Å²) in [4.78, 5) is 4.32. The molecule has 4 aromatic rings. The lowest BCUT2D eigenvalue weighted by Crippen LogP contribution is -1.96. The first-order valence-electron chi connectivity index (χ1n) is 7.10. The first-order valence-corrected chi connectivity index (χ1v) is 7.10. The average Bonchev–Trinajstić information content (AvgIpc) is 2.99. The van der Waals surface area contributed by atoms with Crippen molar-refractivity contribution in [1.29, 1.82) is 0 Å². The van der Waals surface area contributed by atoms with Crippen molar-refractivity contribution in [2.75, 3.05) is 0 Å². The second kappa shape index (κ2) is 5.21. The molecule has 0 fully saturated rings. The molecule has 112 valence electrons. The SMILES string of the molecule is Oc1cc2c(cnn2-c2ccc(-c3ccccn3)cc2)cc1F. The van der Waals surface area contributed by atoms with E-state index in [2.05, 4.69) is 10.1 Å². The van der Waals surface area contributed by atoms with Crippen molar-refractivity contribution in [3.05, 3.63) is 72.8 Å². The fourth-order valence-electron chi connectivity index (χ4n) is 2.55. The summed E-state index contributed by atoms with van der Waals surface area (Å²) >= 11 is 0. The summed E-state index contributed by atoms with van der Waals surface area (Å²) in [6.45, 7) is 0. The monoisotopic (exact) mass is 305 g/mol. The number of aromatic hydroxyl groups is 1. The quantitative estimate of drug-likeness (QED) is 0.610. The van der Waals surface area contributed by atoms with E-state index in [0.29, 0.717) is 10.9 Å². The zero-order valence-corrected chi connectivity index (χ0v) is 12.0. The number of phenolic OH excluding ortho intramolecular Hbond substituents is 1. The Morgan fingerprint density at radius 2 is 1.83 bits per heavy atom. The van der Waals surface area contributed by atoms with E-state index in [-0.39, 0.29) is 5.75 Å². The average molecular weight is 305 g/mol. The van der Waals surface area contributed by atoms with Gasteiger partial charge in [0.05, 0.1) is 23.1 Å². The van der Waals surface area contributed by atoms with Crippen molar-refractivity contribution in [2.24, 2.45) is 0 Å². The molecule has 0 radical (unpaired) electrons. The molecule has 2 aromatic heterocycles. The van der Waals surface area contributed by atoms with Gasteiger partial charge in [0.1, 0.15) is 0 Å². The number of fused-ring (bicyclic) bond motifs is 1. The summed E-state index contributed by atoms with van der Waals surface area (Å²) in [6, 6.07) is 16.1. The molecule has 0 aliphatic heterocycles. The van der Waals surface area contributed by atoms with Gasteiger partial charge in [0.15, 0.2) is 11.6 Å². The van der Waals surface area contributed by atoms with Crippen LogP contribution in [-0.4, -0.2) is 19.9 Å². The van der Waals surface area contributed by atoms with E-state index in [0.717, 1.165) is 16.9 Å². The van der Waals surface area contributed by atoms with Gasteiger partial charge in [0, 0.05) is 23.2 Å². The molecule has 0 spiro atoms. The Kier molecular flexibility index (Phi) is 3.05. The van der Waals surface area contributed by atoms with Crippen LogP contribution < -0.4 is 0 Å². The van der Waals surface area contributed by atoms with Gasteiger partial charge in [0.25, 0.3) is 0 Å². The minimum atomic E-state index is -0.650. The highest BCUT2D eigenvalue weighted by molar-refractivity contribution is 5.82. The molecule has 1 N–H and O–H groups in total. The number of hydrogen-bond acceptors (Lipinski definition) is 3. The van der Waals surface area contributed by atoms with Crippen molar-refractivity contribution in [2.45, 2.75) is 0 Å². The largest absolute Gasteiger partial charge is 0.505 e. The molecule has 23 heavy (non-hydrogen) atoms. The van der Waals surface area contributed by atoms with Crippen LogP contribution in [0.3, 0.4) is 0 Å². The molecule has 5 heteroatoms. The molecular formula is C18H12FN3O. The molecule has 0 aliphatic carbocycles. The Balaban J connectivity index is 1.78. The zero-order valence-electron chi connectivity index (χ0n) is 12.0. The Labute approximate surface area is 131 Å². The van der Waals surface area contributed by atoms with E-state index in [1.54, 1.807) is 17.1 Å². The van der Waals surface area contributed by atoms with Gasteiger partial charge < -0.3 is 5.11 Å². The lowest BCUT2D eigenvalue weighted by molar-refractivity contribution is 0.433. The number of hydrogen-bond donors (Lipinski definition) is 1. The maximum absolute atomic E-state index is 13.4. The van der Waals surface area contributed by atoms with Gasteiger partial charge in [-0.1, -0.05) is 18.2 Å². The summed E-state index contributed by atoms with van der Waals surface area (Å²) in [5.74, 6) is -1.04. The molecule has 0 saturated heterocycles. The summed E-state index contributed by atoms with van der Waals surface area (Å²) in [6.07, 6.45) is 3.33. The predicted molar refractivity (Wildman–Crippen MR) is 85.9 cm³/mol. The van der Waals surface area contributed by atoms with Crippen molar-refractivity contribution in [3.8, 4) is 22.7 Å². The second-order valence-electron chi connectivity index (χ2n) is 5.18. The van der Waals surface area contributed by atoms with Crippen LogP contribution in [0.15, 0.2) is 67.0 Å². The van der Waals surface area contributed by atoms with Crippen LogP contribution >= 0.6 is 0 Å². The summed E-state index contributed by atoms with van der Waals surface area (Å²) < 4.78 is 15.1. The lowest BCUT2D eigenvalue weighted by atomic mass is 10.1. The second-order valence-corrected chi connectivity index (χ2v) is 5.18. The molecule has 2 aromatic carbocycles. The Morgan fingerprint density at radius 1 is 1.00 bits per heavy atom. The van der Waals surface area contributed by atoms with Gasteiger partial charge >= 0.3 is 0 Å². The molecule has 0 aliphatic rings. The van der Waals surface area contributed by atoms with Crippen LogP contribution in [0.2, 0.25) is 0 Å². The Morgan fingerprint density at radius 3 is 2.57 bits per heavy atom. The summed E-state index contributed by atoms with van der Waals surface area (Å²) in [7, 11) is 0. The minimum absolute atomic E-state index is 0.385. The first kappa shape index (κ1) is 13.5. The van der Waals surface area contributed by atoms with Crippen LogP contribution in [-0.2, 0) is 0 Å². The number of aromatic nitrogens is 3. The van der Waals surface area contributed by atoms with Gasteiger partial charge in [-0.15, -0.1) is 0 Å². The van der Waals surface area contributed by atoms with E-state index in [4.69, 9.17) is 0 Å². The van der Waals surface area contributed by atoms with Gasteiger partial charge in [0.2, 0.25) is 0 Å². The van der Waals surface area contributed by atoms with E-state index in [1.165, 1.54) is 12.1 Å². The molecule has 4 rings (SSSR count). The highest BCUT2D eigenvalue weighted by Crippen LogP contribution is 2.26. The normalized spacial score (nSPS) is 11.0. The summed E-state index contributed by atoms with van der Waals surface area (Å²) in [5, 5.41) is 14.5. The number of nitrogens with zero attached hydrogens (tertiary/aromatic N) is 3. The Bertz CT molecular complexity index is 979. The maximum Gasteiger partial charge on any atom is 0.165 e. The van der Waals surface area contributed by atoms with Gasteiger partial charge in [-0.2, -0.15) is 5.10 Å². The molecular weight excluding hydrogens is 293 g/mol. The minimum Gasteiger partial charge on any atom is -0.505 e. The smallest absolute Gasteiger partial charge is 0.165 e.